The molecule has 14 heavy (non-hydrogen) atoms. The lowest BCUT2D eigenvalue weighted by Gasteiger charge is -2.23. The van der Waals surface area contributed by atoms with E-state index >= 15 is 0 Å². The molecule has 0 N–H and O–H groups in total. The van der Waals surface area contributed by atoms with Gasteiger partial charge in [-0.3, -0.25) is 0 Å². The van der Waals surface area contributed by atoms with Crippen molar-refractivity contribution >= 4 is 11.8 Å². The first kappa shape index (κ1) is 13.6. The number of thioether (sulfide) groups is 1. The summed E-state index contributed by atoms with van der Waals surface area (Å²) >= 11 is 1.92. The lowest BCUT2D eigenvalue weighted by Crippen LogP contribution is -2.07. The van der Waals surface area contributed by atoms with E-state index in [0.717, 1.165) is 0 Å². The zero-order valence-corrected chi connectivity index (χ0v) is 10.7. The van der Waals surface area contributed by atoms with Crippen LogP contribution in [0.25, 0.3) is 0 Å². The van der Waals surface area contributed by atoms with E-state index < -0.39 is 0 Å². The molecule has 0 aliphatic carbocycles. The van der Waals surface area contributed by atoms with Crippen molar-refractivity contribution in [2.45, 2.75) is 34.1 Å². The molecule has 0 aromatic rings. The van der Waals surface area contributed by atoms with Gasteiger partial charge >= 0.3 is 0 Å². The molecule has 1 rings (SSSR count). The Morgan fingerprint density at radius 3 is 2.43 bits per heavy atom. The molecule has 0 saturated carbocycles. The van der Waals surface area contributed by atoms with Crippen molar-refractivity contribution < 1.29 is 0 Å². The van der Waals surface area contributed by atoms with E-state index in [1.807, 2.05) is 31.7 Å². The maximum Gasteiger partial charge on any atom is 0.0130 e. The van der Waals surface area contributed by atoms with Crippen LogP contribution in [0.4, 0.5) is 0 Å². The molecule has 80 valence electrons. The molecular weight excluding hydrogens is 188 g/mol. The van der Waals surface area contributed by atoms with Crippen LogP contribution in [0.2, 0.25) is 0 Å². The summed E-state index contributed by atoms with van der Waals surface area (Å²) in [6, 6.07) is 0. The van der Waals surface area contributed by atoms with Crippen LogP contribution in [-0.2, 0) is 0 Å². The van der Waals surface area contributed by atoms with Gasteiger partial charge in [-0.1, -0.05) is 40.0 Å². The Morgan fingerprint density at radius 2 is 2.07 bits per heavy atom. The molecule has 0 nitrogen and oxygen atoms in total. The van der Waals surface area contributed by atoms with Crippen LogP contribution in [0.1, 0.15) is 34.1 Å². The van der Waals surface area contributed by atoms with E-state index in [4.69, 9.17) is 0 Å². The van der Waals surface area contributed by atoms with E-state index in [1.165, 1.54) is 28.2 Å². The number of hydrogen-bond donors (Lipinski definition) is 0. The third-order valence-electron chi connectivity index (χ3n) is 2.20. The molecule has 1 heteroatoms. The highest BCUT2D eigenvalue weighted by atomic mass is 32.2. The first-order valence-corrected chi connectivity index (χ1v) is 6.30. The van der Waals surface area contributed by atoms with E-state index in [9.17, 15) is 0 Å². The van der Waals surface area contributed by atoms with Gasteiger partial charge in [0, 0.05) is 4.91 Å². The fourth-order valence-electron chi connectivity index (χ4n) is 1.46. The van der Waals surface area contributed by atoms with Crippen molar-refractivity contribution in [3.05, 3.63) is 35.3 Å². The Balaban J connectivity index is 0.000000791. The third-order valence-corrected chi connectivity index (χ3v) is 3.51. The highest BCUT2D eigenvalue weighted by Crippen LogP contribution is 2.37. The van der Waals surface area contributed by atoms with Gasteiger partial charge in [0.05, 0.1) is 0 Å². The largest absolute Gasteiger partial charge is 0.126 e. The van der Waals surface area contributed by atoms with Crippen molar-refractivity contribution in [3.63, 3.8) is 0 Å². The van der Waals surface area contributed by atoms with Gasteiger partial charge < -0.3 is 0 Å². The number of rotatable bonds is 2. The fourth-order valence-corrected chi connectivity index (χ4v) is 2.84. The molecule has 0 spiro atoms. The van der Waals surface area contributed by atoms with Crippen molar-refractivity contribution in [2.24, 2.45) is 5.92 Å². The maximum absolute atomic E-state index is 3.98. The Kier molecular flexibility index (Phi) is 6.73. The monoisotopic (exact) mass is 210 g/mol. The summed E-state index contributed by atoms with van der Waals surface area (Å²) in [6.07, 6.45) is 3.25. The average molecular weight is 210 g/mol. The highest BCUT2D eigenvalue weighted by Gasteiger charge is 2.17. The summed E-state index contributed by atoms with van der Waals surface area (Å²) < 4.78 is 0. The average Bonchev–Trinajstić information content (AvgIpc) is 2.20. The lowest BCUT2D eigenvalue weighted by atomic mass is 9.96. The quantitative estimate of drug-likeness (QED) is 0.631. The van der Waals surface area contributed by atoms with Gasteiger partial charge in [0.25, 0.3) is 0 Å². The third kappa shape index (κ3) is 3.38. The molecule has 0 amide bonds. The topological polar surface area (TPSA) is 0 Å². The Bertz CT molecular complexity index is 236. The Morgan fingerprint density at radius 1 is 1.50 bits per heavy atom. The van der Waals surface area contributed by atoms with Crippen molar-refractivity contribution in [2.75, 3.05) is 5.75 Å². The number of hydrogen-bond acceptors (Lipinski definition) is 1. The van der Waals surface area contributed by atoms with E-state index in [2.05, 4.69) is 27.0 Å². The fraction of sp³-hybridized carbons (Fsp3) is 0.538. The van der Waals surface area contributed by atoms with Gasteiger partial charge in [-0.25, -0.2) is 0 Å². The predicted molar refractivity (Wildman–Crippen MR) is 69.6 cm³/mol. The van der Waals surface area contributed by atoms with Crippen LogP contribution in [0.3, 0.4) is 0 Å². The minimum atomic E-state index is 0.662. The molecule has 1 aliphatic rings. The molecule has 0 radical (unpaired) electrons. The zero-order valence-electron chi connectivity index (χ0n) is 9.89. The number of allylic oxidation sites excluding steroid dienone is 3. The van der Waals surface area contributed by atoms with Crippen molar-refractivity contribution in [1.82, 2.24) is 0 Å². The van der Waals surface area contributed by atoms with Crippen molar-refractivity contribution in [1.29, 1.82) is 0 Å². The standard InChI is InChI=1S/C11H16S.C2H6/c1-5-10-9(4)6-7-12-11(10)8(2)3;1-2/h5,9H,1-2,6-7H2,3-4H3;1-2H3. The highest BCUT2D eigenvalue weighted by molar-refractivity contribution is 8.03. The van der Waals surface area contributed by atoms with Crippen LogP contribution in [0.5, 0.6) is 0 Å². The minimum Gasteiger partial charge on any atom is -0.126 e. The Hall–Kier alpha value is -0.430. The molecular formula is C13H22S. The summed E-state index contributed by atoms with van der Waals surface area (Å²) in [6.45, 7) is 16.2. The molecule has 1 unspecified atom stereocenters. The summed E-state index contributed by atoms with van der Waals surface area (Å²) in [7, 11) is 0. The van der Waals surface area contributed by atoms with Crippen LogP contribution < -0.4 is 0 Å². The zero-order chi connectivity index (χ0) is 11.1. The Labute approximate surface area is 93.2 Å². The van der Waals surface area contributed by atoms with Crippen LogP contribution in [0, 0.1) is 5.92 Å². The van der Waals surface area contributed by atoms with Crippen LogP contribution in [-0.4, -0.2) is 5.75 Å². The van der Waals surface area contributed by atoms with Gasteiger partial charge in [0.1, 0.15) is 0 Å². The molecule has 1 heterocycles. The van der Waals surface area contributed by atoms with Gasteiger partial charge in [-0.05, 0) is 36.2 Å². The van der Waals surface area contributed by atoms with Gasteiger partial charge in [-0.2, -0.15) is 0 Å². The SMILES string of the molecule is C=CC1=C(C(=C)C)SCCC1C.CC. The van der Waals surface area contributed by atoms with E-state index in [1.54, 1.807) is 0 Å². The molecule has 1 atom stereocenters. The van der Waals surface area contributed by atoms with E-state index in [-0.39, 0.29) is 0 Å². The van der Waals surface area contributed by atoms with Crippen molar-refractivity contribution in [3.8, 4) is 0 Å². The molecule has 1 aliphatic heterocycles. The minimum absolute atomic E-state index is 0.662. The second-order valence-corrected chi connectivity index (χ2v) is 4.41. The first-order valence-electron chi connectivity index (χ1n) is 5.32. The molecule has 0 fully saturated rings. The van der Waals surface area contributed by atoms with E-state index in [0.29, 0.717) is 5.92 Å². The molecule has 0 aromatic heterocycles. The van der Waals surface area contributed by atoms with Gasteiger partial charge in [-0.15, -0.1) is 11.8 Å². The first-order chi connectivity index (χ1) is 6.66. The molecule has 0 saturated heterocycles. The van der Waals surface area contributed by atoms with Gasteiger partial charge in [0.15, 0.2) is 0 Å². The maximum atomic E-state index is 3.98. The smallest absolute Gasteiger partial charge is 0.0130 e. The second-order valence-electron chi connectivity index (χ2n) is 3.31. The summed E-state index contributed by atoms with van der Waals surface area (Å²) in [5.41, 5.74) is 2.57. The van der Waals surface area contributed by atoms with Crippen LogP contribution >= 0.6 is 11.8 Å². The summed E-state index contributed by atoms with van der Waals surface area (Å²) in [4.78, 5) is 1.36. The lowest BCUT2D eigenvalue weighted by molar-refractivity contribution is 0.669. The predicted octanol–water partition coefficient (Wildman–Crippen LogP) is 4.80. The molecule has 0 bridgehead atoms. The van der Waals surface area contributed by atoms with Crippen LogP contribution in [0.15, 0.2) is 35.3 Å². The summed E-state index contributed by atoms with van der Waals surface area (Å²) in [5.74, 6) is 1.89. The second kappa shape index (κ2) is 6.94. The summed E-state index contributed by atoms with van der Waals surface area (Å²) in [5, 5.41) is 0. The molecule has 0 aromatic carbocycles. The normalized spacial score (nSPS) is 21.0. The van der Waals surface area contributed by atoms with Gasteiger partial charge in [0.2, 0.25) is 0 Å².